The van der Waals surface area contributed by atoms with Crippen LogP contribution < -0.4 is 25.3 Å². The van der Waals surface area contributed by atoms with Crippen LogP contribution in [0.3, 0.4) is 0 Å². The number of aromatic carboxylic acids is 1. The van der Waals surface area contributed by atoms with Crippen molar-refractivity contribution in [2.45, 2.75) is 65.3 Å². The zero-order valence-corrected chi connectivity index (χ0v) is 31.9. The quantitative estimate of drug-likeness (QED) is 0.0459. The summed E-state index contributed by atoms with van der Waals surface area (Å²) in [6.07, 6.45) is 5.67. The van der Waals surface area contributed by atoms with Crippen molar-refractivity contribution in [1.82, 2.24) is 10.3 Å². The molecule has 4 aromatic rings. The van der Waals surface area contributed by atoms with Crippen LogP contribution in [0, 0.1) is 13.8 Å². The molecule has 0 fully saturated rings. The van der Waals surface area contributed by atoms with Gasteiger partial charge in [-0.15, -0.1) is 24.0 Å². The van der Waals surface area contributed by atoms with Gasteiger partial charge in [0.2, 0.25) is 0 Å². The molecule has 0 aliphatic rings. The van der Waals surface area contributed by atoms with Crippen LogP contribution in [-0.2, 0) is 29.3 Å². The number of nitrogens with one attached hydrogen (secondary N) is 1. The Balaban J connectivity index is 0.00000729. The Morgan fingerprint density at radius 2 is 1.62 bits per heavy atom. The number of nitrogens with zero attached hydrogens (tertiary/aromatic N) is 1. The summed E-state index contributed by atoms with van der Waals surface area (Å²) in [4.78, 5) is 28.1. The van der Waals surface area contributed by atoms with Gasteiger partial charge in [0.15, 0.2) is 0 Å². The molecule has 4 rings (SSSR count). The highest BCUT2D eigenvalue weighted by Gasteiger charge is 2.21. The first kappa shape index (κ1) is 42.4. The second kappa shape index (κ2) is 21.5. The first-order valence-electron chi connectivity index (χ1n) is 16.8. The molecule has 1 aromatic heterocycles. The Bertz CT molecular complexity index is 1790. The van der Waals surface area contributed by atoms with E-state index in [0.29, 0.717) is 53.1 Å². The molecule has 1 heterocycles. The van der Waals surface area contributed by atoms with Crippen molar-refractivity contribution < 1.29 is 33.6 Å². The monoisotopic (exact) mass is 773 g/mol. The molecular weight excluding hydrogens is 729 g/mol. The first-order valence-corrected chi connectivity index (χ1v) is 17.7. The van der Waals surface area contributed by atoms with Crippen LogP contribution >= 0.6 is 35.6 Å². The van der Waals surface area contributed by atoms with E-state index in [1.54, 1.807) is 18.3 Å². The number of alkyl halides is 1. The van der Waals surface area contributed by atoms with Crippen LogP contribution in [0.25, 0.3) is 11.1 Å². The van der Waals surface area contributed by atoms with Crippen LogP contribution in [0.5, 0.6) is 17.2 Å². The Morgan fingerprint density at radius 3 is 2.33 bits per heavy atom. The number of esters is 1. The molecule has 0 radical (unpaired) electrons. The third-order valence-electron chi connectivity index (χ3n) is 8.46. The lowest BCUT2D eigenvalue weighted by Gasteiger charge is -2.20. The molecule has 1 atom stereocenters. The van der Waals surface area contributed by atoms with Gasteiger partial charge < -0.3 is 35.1 Å². The van der Waals surface area contributed by atoms with Gasteiger partial charge >= 0.3 is 11.9 Å². The minimum absolute atomic E-state index is 0. The SMILES string of the molecule is COC(=O)[C@H](CCCCN)NCc1cc(Cl)c(OCc2cccc(-c3cccc(OCCCCl)c3C)c2C)cc1OCc1cncc(C(=O)O)c1.Cl. The fourth-order valence-electron chi connectivity index (χ4n) is 5.56. The summed E-state index contributed by atoms with van der Waals surface area (Å²) in [6, 6.07) is 16.5. The summed E-state index contributed by atoms with van der Waals surface area (Å²) in [5.41, 5.74) is 12.1. The van der Waals surface area contributed by atoms with E-state index in [9.17, 15) is 14.7 Å². The molecule has 0 aliphatic carbocycles. The molecule has 0 saturated carbocycles. The van der Waals surface area contributed by atoms with E-state index in [2.05, 4.69) is 29.4 Å². The first-order chi connectivity index (χ1) is 24.7. The fraction of sp³-hybridized carbons (Fsp3) is 0.359. The molecule has 0 amide bonds. The zero-order valence-electron chi connectivity index (χ0n) is 29.6. The Kier molecular flexibility index (Phi) is 17.5. The van der Waals surface area contributed by atoms with E-state index in [0.717, 1.165) is 52.8 Å². The largest absolute Gasteiger partial charge is 0.493 e. The Morgan fingerprint density at radius 1 is 0.885 bits per heavy atom. The predicted molar refractivity (Wildman–Crippen MR) is 206 cm³/mol. The lowest BCUT2D eigenvalue weighted by atomic mass is 9.93. The van der Waals surface area contributed by atoms with Gasteiger partial charge in [-0.2, -0.15) is 0 Å². The van der Waals surface area contributed by atoms with Crippen molar-refractivity contribution in [2.75, 3.05) is 26.1 Å². The number of carbonyl (C=O) groups is 2. The average Bonchev–Trinajstić information content (AvgIpc) is 3.13. The van der Waals surface area contributed by atoms with Crippen LogP contribution in [0.15, 0.2) is 67.0 Å². The number of pyridine rings is 1. The molecule has 10 nitrogen and oxygen atoms in total. The van der Waals surface area contributed by atoms with Crippen LogP contribution in [0.1, 0.15) is 63.9 Å². The number of unbranched alkanes of at least 4 members (excludes halogenated alkanes) is 1. The average molecular weight is 775 g/mol. The van der Waals surface area contributed by atoms with E-state index < -0.39 is 12.0 Å². The Hall–Kier alpha value is -4.06. The van der Waals surface area contributed by atoms with Crippen molar-refractivity contribution in [3.63, 3.8) is 0 Å². The maximum atomic E-state index is 12.5. The fourth-order valence-corrected chi connectivity index (χ4v) is 5.91. The van der Waals surface area contributed by atoms with Gasteiger partial charge in [-0.3, -0.25) is 9.78 Å². The number of methoxy groups -OCH3 is 1. The highest BCUT2D eigenvalue weighted by Crippen LogP contribution is 2.36. The maximum Gasteiger partial charge on any atom is 0.337 e. The second-order valence-corrected chi connectivity index (χ2v) is 12.8. The van der Waals surface area contributed by atoms with E-state index in [1.165, 1.54) is 19.4 Å². The third-order valence-corrected chi connectivity index (χ3v) is 9.02. The standard InChI is InChI=1S/C39H45Cl2N3O7.ClH/c1-25-28(9-6-10-31(25)32-11-7-13-35(26(32)2)49-16-8-14-40)24-51-37-19-36(50-23-27-17-30(38(45)46)21-43-20-27)29(18-33(37)41)22-44-34(39(47)48-3)12-4-5-15-42;/h6-7,9-11,13,17-21,34,44H,4-5,8,12,14-16,22-24,42H2,1-3H3,(H,45,46);1H/t34-;/m0./s1. The molecule has 0 bridgehead atoms. The lowest BCUT2D eigenvalue weighted by Crippen LogP contribution is -2.37. The number of carboxylic acids is 1. The molecule has 13 heteroatoms. The molecule has 52 heavy (non-hydrogen) atoms. The van der Waals surface area contributed by atoms with Crippen LogP contribution in [0.2, 0.25) is 5.02 Å². The molecule has 0 unspecified atom stereocenters. The number of nitrogens with two attached hydrogens (primary N) is 1. The van der Waals surface area contributed by atoms with Gasteiger partial charge in [0, 0.05) is 42.0 Å². The highest BCUT2D eigenvalue weighted by atomic mass is 35.5. The number of hydrogen-bond acceptors (Lipinski definition) is 9. The maximum absolute atomic E-state index is 12.5. The summed E-state index contributed by atoms with van der Waals surface area (Å²) >= 11 is 12.6. The molecule has 0 spiro atoms. The number of halogens is 3. The van der Waals surface area contributed by atoms with E-state index in [-0.39, 0.29) is 43.7 Å². The lowest BCUT2D eigenvalue weighted by molar-refractivity contribution is -0.143. The summed E-state index contributed by atoms with van der Waals surface area (Å²) in [5.74, 6) is 0.747. The number of hydrogen-bond donors (Lipinski definition) is 3. The molecule has 4 N–H and O–H groups in total. The van der Waals surface area contributed by atoms with E-state index in [4.69, 9.17) is 47.9 Å². The van der Waals surface area contributed by atoms with Gasteiger partial charge in [0.1, 0.15) is 36.5 Å². The van der Waals surface area contributed by atoms with E-state index in [1.807, 2.05) is 31.2 Å². The molecular formula is C39H46Cl3N3O7. The van der Waals surface area contributed by atoms with Gasteiger partial charge in [-0.1, -0.05) is 48.4 Å². The van der Waals surface area contributed by atoms with Crippen molar-refractivity contribution in [3.05, 3.63) is 105 Å². The zero-order chi connectivity index (χ0) is 36.8. The summed E-state index contributed by atoms with van der Waals surface area (Å²) in [6.45, 7) is 5.69. The van der Waals surface area contributed by atoms with Gasteiger partial charge in [-0.25, -0.2) is 4.79 Å². The summed E-state index contributed by atoms with van der Waals surface area (Å²) in [5, 5.41) is 13.0. The predicted octanol–water partition coefficient (Wildman–Crippen LogP) is 8.06. The summed E-state index contributed by atoms with van der Waals surface area (Å²) < 4.78 is 23.5. The van der Waals surface area contributed by atoms with Crippen molar-refractivity contribution in [3.8, 4) is 28.4 Å². The van der Waals surface area contributed by atoms with Gasteiger partial charge in [-0.05, 0) is 85.7 Å². The van der Waals surface area contributed by atoms with E-state index >= 15 is 0 Å². The second-order valence-electron chi connectivity index (χ2n) is 12.0. The Labute approximate surface area is 321 Å². The number of rotatable bonds is 20. The summed E-state index contributed by atoms with van der Waals surface area (Å²) in [7, 11) is 1.35. The smallest absolute Gasteiger partial charge is 0.337 e. The number of carboxylic acid groups (broad SMARTS) is 1. The van der Waals surface area contributed by atoms with Crippen LogP contribution in [0.4, 0.5) is 0 Å². The van der Waals surface area contributed by atoms with Crippen molar-refractivity contribution >= 4 is 47.5 Å². The van der Waals surface area contributed by atoms with Crippen molar-refractivity contribution in [1.29, 1.82) is 0 Å². The molecule has 280 valence electrons. The van der Waals surface area contributed by atoms with Crippen LogP contribution in [-0.4, -0.2) is 54.2 Å². The number of benzene rings is 3. The van der Waals surface area contributed by atoms with Gasteiger partial charge in [0.25, 0.3) is 0 Å². The number of carbonyl (C=O) groups excluding carboxylic acids is 1. The molecule has 0 saturated heterocycles. The minimum Gasteiger partial charge on any atom is -0.493 e. The van der Waals surface area contributed by atoms with Gasteiger partial charge in [0.05, 0.1) is 24.3 Å². The normalized spacial score (nSPS) is 11.3. The highest BCUT2D eigenvalue weighted by molar-refractivity contribution is 6.32. The number of ether oxygens (including phenoxy) is 4. The van der Waals surface area contributed by atoms with Crippen molar-refractivity contribution in [2.24, 2.45) is 5.73 Å². The topological polar surface area (TPSA) is 142 Å². The molecule has 0 aliphatic heterocycles. The third kappa shape index (κ3) is 11.7. The minimum atomic E-state index is -1.09. The molecule has 3 aromatic carbocycles. The number of aromatic nitrogens is 1.